The third kappa shape index (κ3) is 42.2. The van der Waals surface area contributed by atoms with Crippen LogP contribution in [0.2, 0.25) is 0 Å². The maximum atomic E-state index is 12.4. The van der Waals surface area contributed by atoms with E-state index in [0.29, 0.717) is 6.42 Å². The van der Waals surface area contributed by atoms with Crippen LogP contribution in [-0.4, -0.2) is 46.1 Å². The number of aliphatic hydroxyl groups excluding tert-OH is 3. The van der Waals surface area contributed by atoms with Crippen LogP contribution in [0, 0.1) is 0 Å². The zero-order valence-corrected chi connectivity index (χ0v) is 38.0. The Morgan fingerprint density at radius 2 is 0.772 bits per heavy atom. The van der Waals surface area contributed by atoms with E-state index in [0.717, 1.165) is 44.9 Å². The molecular weight excluding hydrogens is 703 g/mol. The molecule has 0 aromatic heterocycles. The van der Waals surface area contributed by atoms with Gasteiger partial charge in [-0.05, 0) is 64.2 Å². The molecule has 0 saturated carbocycles. The van der Waals surface area contributed by atoms with Crippen LogP contribution in [0.15, 0.2) is 48.6 Å². The highest BCUT2D eigenvalue weighted by Gasteiger charge is 2.22. The first-order chi connectivity index (χ1) is 28.1. The Morgan fingerprint density at radius 1 is 0.439 bits per heavy atom. The summed E-state index contributed by atoms with van der Waals surface area (Å²) in [4.78, 5) is 12.4. The SMILES string of the molecule is CCCCC/C=C/CC/C=C/C(O)C(CO)NC(=O)C(O)CCCCCCCCCCCCCCCCCC/C=C\C/C=C\CCCCCCCCCCCCC. The predicted octanol–water partition coefficient (Wildman–Crippen LogP) is 14.9. The third-order valence-electron chi connectivity index (χ3n) is 11.4. The van der Waals surface area contributed by atoms with Crippen molar-refractivity contribution in [3.63, 3.8) is 0 Å². The molecule has 0 aliphatic carbocycles. The molecule has 0 fully saturated rings. The van der Waals surface area contributed by atoms with E-state index in [2.05, 4.69) is 55.6 Å². The lowest BCUT2D eigenvalue weighted by Gasteiger charge is -2.21. The fourth-order valence-electron chi connectivity index (χ4n) is 7.47. The number of unbranched alkanes of at least 4 members (excludes halogenated alkanes) is 31. The summed E-state index contributed by atoms with van der Waals surface area (Å²) >= 11 is 0. The summed E-state index contributed by atoms with van der Waals surface area (Å²) in [5.41, 5.74) is 0. The van der Waals surface area contributed by atoms with E-state index in [1.54, 1.807) is 6.08 Å². The Kier molecular flexibility index (Phi) is 45.6. The fraction of sp³-hybridized carbons (Fsp3) is 0.827. The van der Waals surface area contributed by atoms with Gasteiger partial charge in [0.15, 0.2) is 0 Å². The van der Waals surface area contributed by atoms with Crippen molar-refractivity contribution in [2.75, 3.05) is 6.61 Å². The molecule has 0 bridgehead atoms. The molecule has 3 atom stereocenters. The van der Waals surface area contributed by atoms with Gasteiger partial charge in [0, 0.05) is 0 Å². The molecule has 0 aromatic rings. The van der Waals surface area contributed by atoms with Gasteiger partial charge in [0.2, 0.25) is 5.91 Å². The van der Waals surface area contributed by atoms with Gasteiger partial charge in [-0.1, -0.05) is 236 Å². The molecule has 4 N–H and O–H groups in total. The van der Waals surface area contributed by atoms with Crippen molar-refractivity contribution in [1.29, 1.82) is 0 Å². The average Bonchev–Trinajstić information content (AvgIpc) is 3.22. The van der Waals surface area contributed by atoms with E-state index in [1.165, 1.54) is 186 Å². The Bertz CT molecular complexity index is 927. The van der Waals surface area contributed by atoms with Crippen LogP contribution in [-0.2, 0) is 4.79 Å². The fourth-order valence-corrected chi connectivity index (χ4v) is 7.47. The van der Waals surface area contributed by atoms with E-state index in [4.69, 9.17) is 0 Å². The van der Waals surface area contributed by atoms with Crippen molar-refractivity contribution >= 4 is 5.91 Å². The summed E-state index contributed by atoms with van der Waals surface area (Å²) in [5.74, 6) is -0.515. The number of carbonyl (C=O) groups is 1. The van der Waals surface area contributed by atoms with Gasteiger partial charge in [-0.3, -0.25) is 4.79 Å². The first-order valence-corrected chi connectivity index (χ1v) is 25.0. The molecule has 0 aliphatic rings. The van der Waals surface area contributed by atoms with E-state index < -0.39 is 24.2 Å². The number of allylic oxidation sites excluding steroid dienone is 7. The monoisotopic (exact) mass is 800 g/mol. The van der Waals surface area contributed by atoms with Gasteiger partial charge in [0.25, 0.3) is 0 Å². The lowest BCUT2D eigenvalue weighted by atomic mass is 10.0. The van der Waals surface area contributed by atoms with Gasteiger partial charge >= 0.3 is 0 Å². The smallest absolute Gasteiger partial charge is 0.249 e. The first-order valence-electron chi connectivity index (χ1n) is 25.0. The molecular formula is C52H97NO4. The molecule has 0 spiro atoms. The quantitative estimate of drug-likeness (QED) is 0.0365. The van der Waals surface area contributed by atoms with Gasteiger partial charge in [-0.2, -0.15) is 0 Å². The number of carbonyl (C=O) groups excluding carboxylic acids is 1. The van der Waals surface area contributed by atoms with Crippen LogP contribution in [0.1, 0.15) is 251 Å². The van der Waals surface area contributed by atoms with Gasteiger partial charge in [0.05, 0.1) is 18.8 Å². The maximum Gasteiger partial charge on any atom is 0.249 e. The molecule has 0 radical (unpaired) electrons. The third-order valence-corrected chi connectivity index (χ3v) is 11.4. The standard InChI is InChI=1S/C52H97NO4/c1-3-5-7-9-11-13-14-15-16-17-18-19-20-21-22-23-24-25-26-27-28-29-30-31-32-33-34-35-36-37-39-41-43-45-47-51(56)52(57)53-49(48-54)50(55)46-44-42-40-38-12-10-8-6-4-2/h12,20-21,23-24,38,44,46,49-51,54-56H,3-11,13-19,22,25-37,39-43,45,47-48H2,1-2H3,(H,53,57)/b21-20-,24-23-,38-12+,46-44+. The molecule has 0 heterocycles. The average molecular weight is 800 g/mol. The molecule has 57 heavy (non-hydrogen) atoms. The van der Waals surface area contributed by atoms with Crippen LogP contribution in [0.4, 0.5) is 0 Å². The number of hydrogen-bond donors (Lipinski definition) is 4. The van der Waals surface area contributed by atoms with Crippen molar-refractivity contribution in [3.05, 3.63) is 48.6 Å². The van der Waals surface area contributed by atoms with Gasteiger partial charge in [0.1, 0.15) is 6.10 Å². The van der Waals surface area contributed by atoms with Gasteiger partial charge < -0.3 is 20.6 Å². The minimum Gasteiger partial charge on any atom is -0.394 e. The van der Waals surface area contributed by atoms with Gasteiger partial charge in [-0.25, -0.2) is 0 Å². The maximum absolute atomic E-state index is 12.4. The van der Waals surface area contributed by atoms with E-state index in [1.807, 2.05) is 6.08 Å². The Morgan fingerprint density at radius 3 is 1.21 bits per heavy atom. The number of amides is 1. The molecule has 0 saturated heterocycles. The largest absolute Gasteiger partial charge is 0.394 e. The van der Waals surface area contributed by atoms with E-state index in [-0.39, 0.29) is 6.61 Å². The van der Waals surface area contributed by atoms with E-state index in [9.17, 15) is 20.1 Å². The lowest BCUT2D eigenvalue weighted by molar-refractivity contribution is -0.131. The second-order valence-corrected chi connectivity index (χ2v) is 17.0. The zero-order valence-electron chi connectivity index (χ0n) is 38.0. The molecule has 1 amide bonds. The predicted molar refractivity (Wildman–Crippen MR) is 250 cm³/mol. The zero-order chi connectivity index (χ0) is 41.5. The Balaban J connectivity index is 3.50. The Hall–Kier alpha value is -1.69. The normalized spacial score (nSPS) is 13.8. The van der Waals surface area contributed by atoms with Crippen LogP contribution < -0.4 is 5.32 Å². The summed E-state index contributed by atoms with van der Waals surface area (Å²) in [6, 6.07) is -0.812. The highest BCUT2D eigenvalue weighted by molar-refractivity contribution is 5.80. The second kappa shape index (κ2) is 47.0. The highest BCUT2D eigenvalue weighted by atomic mass is 16.3. The minimum absolute atomic E-state index is 0.377. The summed E-state index contributed by atoms with van der Waals surface area (Å²) < 4.78 is 0. The number of hydrogen-bond acceptors (Lipinski definition) is 4. The molecule has 0 rings (SSSR count). The number of aliphatic hydroxyl groups is 3. The van der Waals surface area contributed by atoms with Crippen LogP contribution in [0.3, 0.4) is 0 Å². The van der Waals surface area contributed by atoms with Crippen molar-refractivity contribution in [3.8, 4) is 0 Å². The molecule has 5 heteroatoms. The van der Waals surface area contributed by atoms with Gasteiger partial charge in [-0.15, -0.1) is 0 Å². The summed E-state index contributed by atoms with van der Waals surface area (Å²) in [5, 5.41) is 33.0. The molecule has 0 aliphatic heterocycles. The highest BCUT2D eigenvalue weighted by Crippen LogP contribution is 2.16. The lowest BCUT2D eigenvalue weighted by Crippen LogP contribution is -2.48. The van der Waals surface area contributed by atoms with Crippen LogP contribution in [0.25, 0.3) is 0 Å². The molecule has 334 valence electrons. The molecule has 3 unspecified atom stereocenters. The molecule has 5 nitrogen and oxygen atoms in total. The second-order valence-electron chi connectivity index (χ2n) is 17.0. The van der Waals surface area contributed by atoms with Crippen molar-refractivity contribution in [2.45, 2.75) is 270 Å². The topological polar surface area (TPSA) is 89.8 Å². The molecule has 0 aromatic carbocycles. The van der Waals surface area contributed by atoms with Crippen molar-refractivity contribution in [2.24, 2.45) is 0 Å². The van der Waals surface area contributed by atoms with E-state index >= 15 is 0 Å². The van der Waals surface area contributed by atoms with Crippen LogP contribution >= 0.6 is 0 Å². The summed E-state index contributed by atoms with van der Waals surface area (Å²) in [6.07, 6.45) is 62.0. The van der Waals surface area contributed by atoms with Crippen LogP contribution in [0.5, 0.6) is 0 Å². The summed E-state index contributed by atoms with van der Waals surface area (Å²) in [6.45, 7) is 4.12. The number of nitrogens with one attached hydrogen (secondary N) is 1. The van der Waals surface area contributed by atoms with Crippen molar-refractivity contribution < 1.29 is 20.1 Å². The Labute approximate surface area is 355 Å². The minimum atomic E-state index is -1.10. The summed E-state index contributed by atoms with van der Waals surface area (Å²) in [7, 11) is 0. The first kappa shape index (κ1) is 55.3. The number of rotatable bonds is 45. The van der Waals surface area contributed by atoms with Crippen molar-refractivity contribution in [1.82, 2.24) is 5.32 Å².